The summed E-state index contributed by atoms with van der Waals surface area (Å²) < 4.78 is 5.23. The molecule has 90 valence electrons. The second-order valence-electron chi connectivity index (χ2n) is 4.12. The van der Waals surface area contributed by atoms with E-state index in [0.29, 0.717) is 6.04 Å². The minimum atomic E-state index is 0.473. The van der Waals surface area contributed by atoms with Crippen LogP contribution in [-0.2, 0) is 0 Å². The number of aryl methyl sites for hydroxylation is 1. The van der Waals surface area contributed by atoms with E-state index in [0.717, 1.165) is 18.8 Å². The number of hydrogen-bond acceptors (Lipinski definition) is 2. The number of nitrogens with zero attached hydrogens (tertiary/aromatic N) is 1. The number of hydrogen-bond donors (Lipinski definition) is 0. The predicted molar refractivity (Wildman–Crippen MR) is 69.1 cm³/mol. The highest BCUT2D eigenvalue weighted by atomic mass is 16.5. The van der Waals surface area contributed by atoms with Gasteiger partial charge in [-0.1, -0.05) is 19.9 Å². The normalized spacial score (nSPS) is 12.9. The first-order valence-electron chi connectivity index (χ1n) is 6.02. The number of rotatable bonds is 5. The molecule has 0 fully saturated rings. The second-order valence-corrected chi connectivity index (χ2v) is 4.12. The van der Waals surface area contributed by atoms with Crippen molar-refractivity contribution < 1.29 is 4.74 Å². The third kappa shape index (κ3) is 2.76. The van der Waals surface area contributed by atoms with Gasteiger partial charge in [0.15, 0.2) is 0 Å². The van der Waals surface area contributed by atoms with Crippen LogP contribution >= 0.6 is 0 Å². The Morgan fingerprint density at radius 3 is 2.31 bits per heavy atom. The highest BCUT2D eigenvalue weighted by Crippen LogP contribution is 2.26. The standard InChI is InChI=1S/C14H23NO/c1-6-15(7-2)12(4)14-9-8-13(16-5)10-11(14)3/h8-10,12H,6-7H2,1-5H3. The van der Waals surface area contributed by atoms with Crippen molar-refractivity contribution in [2.24, 2.45) is 0 Å². The van der Waals surface area contributed by atoms with Gasteiger partial charge in [0, 0.05) is 6.04 Å². The van der Waals surface area contributed by atoms with Gasteiger partial charge >= 0.3 is 0 Å². The third-order valence-corrected chi connectivity index (χ3v) is 3.29. The van der Waals surface area contributed by atoms with Gasteiger partial charge in [0.2, 0.25) is 0 Å². The van der Waals surface area contributed by atoms with E-state index in [-0.39, 0.29) is 0 Å². The molecule has 0 aliphatic heterocycles. The zero-order chi connectivity index (χ0) is 12.1. The van der Waals surface area contributed by atoms with E-state index in [9.17, 15) is 0 Å². The van der Waals surface area contributed by atoms with E-state index in [2.05, 4.69) is 44.7 Å². The summed E-state index contributed by atoms with van der Waals surface area (Å²) in [5.41, 5.74) is 2.70. The van der Waals surface area contributed by atoms with Crippen LogP contribution in [0, 0.1) is 6.92 Å². The summed E-state index contributed by atoms with van der Waals surface area (Å²) in [5.74, 6) is 0.938. The van der Waals surface area contributed by atoms with Crippen molar-refractivity contribution in [3.8, 4) is 5.75 Å². The quantitative estimate of drug-likeness (QED) is 0.755. The summed E-state index contributed by atoms with van der Waals surface area (Å²) >= 11 is 0. The molecule has 16 heavy (non-hydrogen) atoms. The van der Waals surface area contributed by atoms with Gasteiger partial charge in [-0.25, -0.2) is 0 Å². The van der Waals surface area contributed by atoms with Crippen molar-refractivity contribution in [3.63, 3.8) is 0 Å². The van der Waals surface area contributed by atoms with Crippen LogP contribution in [0.25, 0.3) is 0 Å². The van der Waals surface area contributed by atoms with Crippen LogP contribution in [0.1, 0.15) is 37.9 Å². The Labute approximate surface area is 99.2 Å². The van der Waals surface area contributed by atoms with Crippen LogP contribution in [0.15, 0.2) is 18.2 Å². The molecule has 0 aliphatic rings. The molecule has 0 radical (unpaired) electrons. The highest BCUT2D eigenvalue weighted by molar-refractivity contribution is 5.36. The molecule has 0 saturated heterocycles. The highest BCUT2D eigenvalue weighted by Gasteiger charge is 2.14. The molecule has 0 spiro atoms. The van der Waals surface area contributed by atoms with Gasteiger partial charge in [0.1, 0.15) is 5.75 Å². The molecule has 0 aromatic heterocycles. The van der Waals surface area contributed by atoms with Crippen LogP contribution in [0.4, 0.5) is 0 Å². The summed E-state index contributed by atoms with van der Waals surface area (Å²) in [6, 6.07) is 6.80. The lowest BCUT2D eigenvalue weighted by molar-refractivity contribution is 0.233. The van der Waals surface area contributed by atoms with Crippen molar-refractivity contribution >= 4 is 0 Å². The first-order chi connectivity index (χ1) is 7.63. The molecule has 1 atom stereocenters. The summed E-state index contributed by atoms with van der Waals surface area (Å²) in [5, 5.41) is 0. The third-order valence-electron chi connectivity index (χ3n) is 3.29. The Bertz CT molecular complexity index is 332. The van der Waals surface area contributed by atoms with Gasteiger partial charge in [-0.3, -0.25) is 4.90 Å². The van der Waals surface area contributed by atoms with E-state index in [1.165, 1.54) is 11.1 Å². The van der Waals surface area contributed by atoms with Gasteiger partial charge in [-0.2, -0.15) is 0 Å². The maximum Gasteiger partial charge on any atom is 0.119 e. The Morgan fingerprint density at radius 1 is 1.25 bits per heavy atom. The predicted octanol–water partition coefficient (Wildman–Crippen LogP) is 3.41. The topological polar surface area (TPSA) is 12.5 Å². The van der Waals surface area contributed by atoms with Gasteiger partial charge in [-0.15, -0.1) is 0 Å². The zero-order valence-corrected chi connectivity index (χ0v) is 11.1. The zero-order valence-electron chi connectivity index (χ0n) is 11.1. The lowest BCUT2D eigenvalue weighted by Gasteiger charge is -2.28. The summed E-state index contributed by atoms with van der Waals surface area (Å²) in [6.45, 7) is 11.0. The van der Waals surface area contributed by atoms with Crippen molar-refractivity contribution in [1.82, 2.24) is 4.90 Å². The second kappa shape index (κ2) is 5.90. The summed E-state index contributed by atoms with van der Waals surface area (Å²) in [4.78, 5) is 2.45. The van der Waals surface area contributed by atoms with Crippen LogP contribution in [0.2, 0.25) is 0 Å². The van der Waals surface area contributed by atoms with Gasteiger partial charge in [0.25, 0.3) is 0 Å². The first-order valence-corrected chi connectivity index (χ1v) is 6.02. The van der Waals surface area contributed by atoms with E-state index in [1.807, 2.05) is 6.07 Å². The molecule has 1 unspecified atom stereocenters. The molecule has 0 heterocycles. The smallest absolute Gasteiger partial charge is 0.119 e. The fourth-order valence-electron chi connectivity index (χ4n) is 2.21. The lowest BCUT2D eigenvalue weighted by Crippen LogP contribution is -2.26. The molecule has 1 aromatic carbocycles. The molecule has 0 bridgehead atoms. The molecule has 0 saturated carbocycles. The molecular formula is C14H23NO. The molecule has 0 aliphatic carbocycles. The molecule has 2 heteroatoms. The van der Waals surface area contributed by atoms with Crippen molar-refractivity contribution in [2.75, 3.05) is 20.2 Å². The largest absolute Gasteiger partial charge is 0.497 e. The van der Waals surface area contributed by atoms with Crippen LogP contribution in [0.3, 0.4) is 0 Å². The Morgan fingerprint density at radius 2 is 1.88 bits per heavy atom. The van der Waals surface area contributed by atoms with Crippen molar-refractivity contribution in [3.05, 3.63) is 29.3 Å². The number of methoxy groups -OCH3 is 1. The number of benzene rings is 1. The molecule has 1 rings (SSSR count). The van der Waals surface area contributed by atoms with Crippen LogP contribution < -0.4 is 4.74 Å². The van der Waals surface area contributed by atoms with Crippen LogP contribution in [0.5, 0.6) is 5.75 Å². The van der Waals surface area contributed by atoms with Crippen LogP contribution in [-0.4, -0.2) is 25.1 Å². The average molecular weight is 221 g/mol. The Kier molecular flexibility index (Phi) is 4.81. The molecule has 2 nitrogen and oxygen atoms in total. The monoisotopic (exact) mass is 221 g/mol. The minimum absolute atomic E-state index is 0.473. The Hall–Kier alpha value is -1.02. The molecule has 0 N–H and O–H groups in total. The molecular weight excluding hydrogens is 198 g/mol. The molecule has 1 aromatic rings. The van der Waals surface area contributed by atoms with Crippen molar-refractivity contribution in [1.29, 1.82) is 0 Å². The SMILES string of the molecule is CCN(CC)C(C)c1ccc(OC)cc1C. The van der Waals surface area contributed by atoms with E-state index in [1.54, 1.807) is 7.11 Å². The lowest BCUT2D eigenvalue weighted by atomic mass is 10.0. The maximum atomic E-state index is 5.23. The minimum Gasteiger partial charge on any atom is -0.497 e. The first kappa shape index (κ1) is 13.0. The summed E-state index contributed by atoms with van der Waals surface area (Å²) in [6.07, 6.45) is 0. The van der Waals surface area contributed by atoms with Gasteiger partial charge < -0.3 is 4.74 Å². The van der Waals surface area contributed by atoms with E-state index < -0.39 is 0 Å². The Balaban J connectivity index is 2.95. The van der Waals surface area contributed by atoms with Crippen molar-refractivity contribution in [2.45, 2.75) is 33.7 Å². The average Bonchev–Trinajstić information content (AvgIpc) is 2.30. The maximum absolute atomic E-state index is 5.23. The van der Waals surface area contributed by atoms with E-state index in [4.69, 9.17) is 4.74 Å². The fraction of sp³-hybridized carbons (Fsp3) is 0.571. The van der Waals surface area contributed by atoms with Gasteiger partial charge in [-0.05, 0) is 50.2 Å². The fourth-order valence-corrected chi connectivity index (χ4v) is 2.21. The van der Waals surface area contributed by atoms with E-state index >= 15 is 0 Å². The molecule has 0 amide bonds. The number of ether oxygens (including phenoxy) is 1. The van der Waals surface area contributed by atoms with Gasteiger partial charge in [0.05, 0.1) is 7.11 Å². The summed E-state index contributed by atoms with van der Waals surface area (Å²) in [7, 11) is 1.71.